The molecule has 3 aromatic carbocycles. The molecular weight excluding hydrogens is 593 g/mol. The summed E-state index contributed by atoms with van der Waals surface area (Å²) in [6.07, 6.45) is 5.44. The van der Waals surface area contributed by atoms with Gasteiger partial charge in [-0.2, -0.15) is 0 Å². The second kappa shape index (κ2) is 14.4. The lowest BCUT2D eigenvalue weighted by molar-refractivity contribution is -0.140. The summed E-state index contributed by atoms with van der Waals surface area (Å²) < 4.78 is 28.9. The fourth-order valence-corrected chi connectivity index (χ4v) is 7.26. The Kier molecular flexibility index (Phi) is 10.9. The van der Waals surface area contributed by atoms with Crippen LogP contribution in [0.15, 0.2) is 77.7 Å². The molecule has 7 nitrogen and oxygen atoms in total. The number of aryl methyl sites for hydroxylation is 1. The third-order valence-electron chi connectivity index (χ3n) is 7.56. The monoisotopic (exact) mass is 629 g/mol. The van der Waals surface area contributed by atoms with Crippen LogP contribution in [0.2, 0.25) is 10.0 Å². The topological polar surface area (TPSA) is 86.8 Å². The molecule has 0 saturated heterocycles. The molecule has 2 amide bonds. The maximum Gasteiger partial charge on any atom is 0.264 e. The molecule has 3 aromatic rings. The minimum absolute atomic E-state index is 0.00107. The van der Waals surface area contributed by atoms with Gasteiger partial charge in [0, 0.05) is 17.6 Å². The van der Waals surface area contributed by atoms with E-state index >= 15 is 0 Å². The first-order valence-electron chi connectivity index (χ1n) is 14.3. The van der Waals surface area contributed by atoms with E-state index in [1.54, 1.807) is 24.3 Å². The van der Waals surface area contributed by atoms with E-state index in [2.05, 4.69) is 5.32 Å². The second-order valence-electron chi connectivity index (χ2n) is 10.7. The van der Waals surface area contributed by atoms with Crippen molar-refractivity contribution in [1.29, 1.82) is 0 Å². The first kappa shape index (κ1) is 31.9. The fourth-order valence-electron chi connectivity index (χ4n) is 5.38. The number of anilines is 1. The number of sulfonamides is 1. The van der Waals surface area contributed by atoms with Gasteiger partial charge in [-0.1, -0.05) is 97.4 Å². The molecule has 0 heterocycles. The van der Waals surface area contributed by atoms with Crippen LogP contribution in [0, 0.1) is 6.92 Å². The number of carbonyl (C=O) groups is 2. The van der Waals surface area contributed by atoms with Gasteiger partial charge in [0.1, 0.15) is 12.6 Å². The SMILES string of the molecule is CC[C@H](C(=O)NC1CCCCC1)N(Cc1cccc(C)c1)C(=O)CN(c1cc(Cl)ccc1Cl)S(=O)(=O)c1ccccc1. The standard InChI is InChI=1S/C32H37Cl2N3O4S/c1-3-29(32(39)35-26-13-6-4-7-14-26)36(21-24-12-10-11-23(2)19-24)31(38)22-37(30-20-25(33)17-18-28(30)34)42(40,41)27-15-8-5-9-16-27/h5,8-12,15-20,26,29H,3-4,6-7,13-14,21-22H2,1-2H3,(H,35,39)/t29-/m1/s1. The molecule has 4 rings (SSSR count). The summed E-state index contributed by atoms with van der Waals surface area (Å²) in [5.41, 5.74) is 1.93. The van der Waals surface area contributed by atoms with E-state index in [9.17, 15) is 18.0 Å². The Morgan fingerprint density at radius 2 is 1.67 bits per heavy atom. The van der Waals surface area contributed by atoms with E-state index in [0.29, 0.717) is 6.42 Å². The number of hydrogen-bond acceptors (Lipinski definition) is 4. The first-order valence-corrected chi connectivity index (χ1v) is 16.5. The van der Waals surface area contributed by atoms with Crippen LogP contribution in [0.25, 0.3) is 0 Å². The van der Waals surface area contributed by atoms with Crippen LogP contribution in [0.1, 0.15) is 56.6 Å². The number of benzene rings is 3. The predicted molar refractivity (Wildman–Crippen MR) is 168 cm³/mol. The van der Waals surface area contributed by atoms with Gasteiger partial charge in [0.15, 0.2) is 0 Å². The van der Waals surface area contributed by atoms with Gasteiger partial charge in [-0.3, -0.25) is 13.9 Å². The van der Waals surface area contributed by atoms with Gasteiger partial charge in [-0.15, -0.1) is 0 Å². The summed E-state index contributed by atoms with van der Waals surface area (Å²) in [5, 5.41) is 3.55. The van der Waals surface area contributed by atoms with Crippen molar-refractivity contribution in [3.8, 4) is 0 Å². The third kappa shape index (κ3) is 7.85. The van der Waals surface area contributed by atoms with Crippen LogP contribution in [0.4, 0.5) is 5.69 Å². The molecule has 1 N–H and O–H groups in total. The van der Waals surface area contributed by atoms with E-state index in [1.807, 2.05) is 38.1 Å². The van der Waals surface area contributed by atoms with E-state index < -0.39 is 28.5 Å². The molecule has 224 valence electrons. The van der Waals surface area contributed by atoms with Crippen LogP contribution in [0.3, 0.4) is 0 Å². The summed E-state index contributed by atoms with van der Waals surface area (Å²) in [6, 6.07) is 19.3. The van der Waals surface area contributed by atoms with Crippen LogP contribution < -0.4 is 9.62 Å². The van der Waals surface area contributed by atoms with Crippen molar-refractivity contribution in [3.63, 3.8) is 0 Å². The molecular formula is C32H37Cl2N3O4S. The van der Waals surface area contributed by atoms with Crippen molar-refractivity contribution in [2.45, 2.75) is 75.9 Å². The largest absolute Gasteiger partial charge is 0.352 e. The van der Waals surface area contributed by atoms with Crippen molar-refractivity contribution >= 4 is 50.7 Å². The molecule has 0 radical (unpaired) electrons. The van der Waals surface area contributed by atoms with Gasteiger partial charge < -0.3 is 10.2 Å². The maximum atomic E-state index is 14.3. The number of hydrogen-bond donors (Lipinski definition) is 1. The molecule has 1 atom stereocenters. The maximum absolute atomic E-state index is 14.3. The van der Waals surface area contributed by atoms with E-state index in [-0.39, 0.29) is 39.1 Å². The number of rotatable bonds is 11. The van der Waals surface area contributed by atoms with Crippen molar-refractivity contribution < 1.29 is 18.0 Å². The molecule has 42 heavy (non-hydrogen) atoms. The Morgan fingerprint density at radius 1 is 0.952 bits per heavy atom. The molecule has 0 unspecified atom stereocenters. The van der Waals surface area contributed by atoms with Gasteiger partial charge >= 0.3 is 0 Å². The minimum Gasteiger partial charge on any atom is -0.352 e. The Morgan fingerprint density at radius 3 is 2.33 bits per heavy atom. The predicted octanol–water partition coefficient (Wildman–Crippen LogP) is 6.75. The molecule has 1 aliphatic rings. The highest BCUT2D eigenvalue weighted by Gasteiger charge is 2.35. The molecule has 10 heteroatoms. The number of halogens is 2. The average Bonchev–Trinajstić information content (AvgIpc) is 2.98. The van der Waals surface area contributed by atoms with E-state index in [1.165, 1.54) is 29.2 Å². The highest BCUT2D eigenvalue weighted by atomic mass is 35.5. The van der Waals surface area contributed by atoms with Crippen molar-refractivity contribution in [1.82, 2.24) is 10.2 Å². The number of amides is 2. The van der Waals surface area contributed by atoms with Crippen LogP contribution in [-0.4, -0.2) is 43.8 Å². The number of nitrogens with one attached hydrogen (secondary N) is 1. The lowest BCUT2D eigenvalue weighted by atomic mass is 9.95. The summed E-state index contributed by atoms with van der Waals surface area (Å²) in [4.78, 5) is 29.4. The quantitative estimate of drug-likeness (QED) is 0.254. The Labute approximate surface area is 258 Å². The number of carbonyl (C=O) groups excluding carboxylic acids is 2. The summed E-state index contributed by atoms with van der Waals surface area (Å²) in [5.74, 6) is -0.763. The Hall–Kier alpha value is -3.07. The highest BCUT2D eigenvalue weighted by molar-refractivity contribution is 7.92. The van der Waals surface area contributed by atoms with Gasteiger partial charge in [0.2, 0.25) is 11.8 Å². The van der Waals surface area contributed by atoms with Crippen molar-refractivity contribution in [2.75, 3.05) is 10.8 Å². The minimum atomic E-state index is -4.23. The zero-order valence-corrected chi connectivity index (χ0v) is 26.3. The lowest BCUT2D eigenvalue weighted by Crippen LogP contribution is -2.54. The molecule has 1 aliphatic carbocycles. The molecule has 0 spiro atoms. The zero-order valence-electron chi connectivity index (χ0n) is 23.9. The first-order chi connectivity index (χ1) is 20.1. The Bertz CT molecular complexity index is 1490. The van der Waals surface area contributed by atoms with E-state index in [4.69, 9.17) is 23.2 Å². The lowest BCUT2D eigenvalue weighted by Gasteiger charge is -2.34. The smallest absolute Gasteiger partial charge is 0.264 e. The van der Waals surface area contributed by atoms with Gasteiger partial charge in [-0.05, 0) is 62.1 Å². The van der Waals surface area contributed by atoms with Crippen molar-refractivity contribution in [2.24, 2.45) is 0 Å². The van der Waals surface area contributed by atoms with Gasteiger partial charge in [0.05, 0.1) is 15.6 Å². The molecule has 1 fully saturated rings. The van der Waals surface area contributed by atoms with Crippen molar-refractivity contribution in [3.05, 3.63) is 94.0 Å². The fraction of sp³-hybridized carbons (Fsp3) is 0.375. The van der Waals surface area contributed by atoms with Gasteiger partial charge in [0.25, 0.3) is 10.0 Å². The van der Waals surface area contributed by atoms with Crippen LogP contribution in [0.5, 0.6) is 0 Å². The number of nitrogens with zero attached hydrogens (tertiary/aromatic N) is 2. The third-order valence-corrected chi connectivity index (χ3v) is 9.89. The Balaban J connectivity index is 1.73. The summed E-state index contributed by atoms with van der Waals surface area (Å²) >= 11 is 12.7. The van der Waals surface area contributed by atoms with Crippen LogP contribution >= 0.6 is 23.2 Å². The normalized spacial score (nSPS) is 14.7. The molecule has 0 bridgehead atoms. The van der Waals surface area contributed by atoms with Crippen LogP contribution in [-0.2, 0) is 26.2 Å². The molecule has 1 saturated carbocycles. The summed E-state index contributed by atoms with van der Waals surface area (Å²) in [7, 11) is -4.23. The summed E-state index contributed by atoms with van der Waals surface area (Å²) in [6.45, 7) is 3.38. The van der Waals surface area contributed by atoms with Gasteiger partial charge in [-0.25, -0.2) is 8.42 Å². The molecule has 0 aromatic heterocycles. The highest BCUT2D eigenvalue weighted by Crippen LogP contribution is 2.33. The molecule has 0 aliphatic heterocycles. The zero-order chi connectivity index (χ0) is 30.3. The average molecular weight is 631 g/mol. The van der Waals surface area contributed by atoms with E-state index in [0.717, 1.165) is 47.5 Å². The second-order valence-corrected chi connectivity index (χ2v) is 13.4.